The molecular weight excluding hydrogens is 308 g/mol. The Morgan fingerprint density at radius 1 is 1.52 bits per heavy atom. The lowest BCUT2D eigenvalue weighted by molar-refractivity contribution is 0.107. The molecule has 0 saturated carbocycles. The fraction of sp³-hybridized carbons (Fsp3) is 0.533. The standard InChI is InChI=1S/C15H21ClN2O2S/c1-10-3-4-11(9-19)8-18(10)15(20)17-12-5-6-14(21-2)13(16)7-12/h5-7,10-11,19H,3-4,8-9H2,1-2H3,(H,17,20)/t10-,11-/m1/s1. The number of urea groups is 1. The molecule has 2 N–H and O–H groups in total. The van der Waals surface area contributed by atoms with Crippen LogP contribution in [0.2, 0.25) is 5.02 Å². The van der Waals surface area contributed by atoms with E-state index in [-0.39, 0.29) is 24.6 Å². The predicted molar refractivity (Wildman–Crippen MR) is 88.2 cm³/mol. The number of hydrogen-bond donors (Lipinski definition) is 2. The number of nitrogens with one attached hydrogen (secondary N) is 1. The Bertz CT molecular complexity index is 512. The maximum absolute atomic E-state index is 12.4. The van der Waals surface area contributed by atoms with E-state index in [1.54, 1.807) is 22.7 Å². The number of amides is 2. The summed E-state index contributed by atoms with van der Waals surface area (Å²) in [6.45, 7) is 2.77. The van der Waals surface area contributed by atoms with Gasteiger partial charge in [0.2, 0.25) is 0 Å². The number of benzene rings is 1. The highest BCUT2D eigenvalue weighted by molar-refractivity contribution is 7.98. The van der Waals surface area contributed by atoms with E-state index in [0.29, 0.717) is 17.3 Å². The summed E-state index contributed by atoms with van der Waals surface area (Å²) in [5.74, 6) is 0.175. The molecule has 2 amide bonds. The SMILES string of the molecule is CSc1ccc(NC(=O)N2C[C@H](CO)CC[C@H]2C)cc1Cl. The number of likely N-dealkylation sites (tertiary alicyclic amines) is 1. The molecular formula is C15H21ClN2O2S. The molecule has 1 aromatic rings. The molecule has 2 atom stereocenters. The minimum Gasteiger partial charge on any atom is -0.396 e. The van der Waals surface area contributed by atoms with Gasteiger partial charge in [-0.05, 0) is 50.1 Å². The van der Waals surface area contributed by atoms with Gasteiger partial charge in [-0.2, -0.15) is 0 Å². The molecule has 0 aromatic heterocycles. The van der Waals surface area contributed by atoms with Gasteiger partial charge in [-0.1, -0.05) is 11.6 Å². The molecule has 21 heavy (non-hydrogen) atoms. The van der Waals surface area contributed by atoms with Crippen molar-refractivity contribution in [1.29, 1.82) is 0 Å². The summed E-state index contributed by atoms with van der Waals surface area (Å²) in [4.78, 5) is 15.2. The Kier molecular flexibility index (Phi) is 5.79. The molecule has 0 spiro atoms. The normalized spacial score (nSPS) is 22.2. The van der Waals surface area contributed by atoms with Crippen LogP contribution in [0.15, 0.2) is 23.1 Å². The number of thioether (sulfide) groups is 1. The second-order valence-corrected chi connectivity index (χ2v) is 6.66. The van der Waals surface area contributed by atoms with Crippen LogP contribution in [0.25, 0.3) is 0 Å². The molecule has 1 aliphatic heterocycles. The van der Waals surface area contributed by atoms with Crippen LogP contribution in [0.5, 0.6) is 0 Å². The molecule has 1 saturated heterocycles. The number of aliphatic hydroxyl groups excluding tert-OH is 1. The summed E-state index contributed by atoms with van der Waals surface area (Å²) < 4.78 is 0. The smallest absolute Gasteiger partial charge is 0.322 e. The van der Waals surface area contributed by atoms with E-state index >= 15 is 0 Å². The first-order valence-corrected chi connectivity index (χ1v) is 8.67. The maximum atomic E-state index is 12.4. The number of piperidine rings is 1. The molecule has 0 unspecified atom stereocenters. The van der Waals surface area contributed by atoms with Gasteiger partial charge in [0.1, 0.15) is 0 Å². The lowest BCUT2D eigenvalue weighted by atomic mass is 9.94. The minimum absolute atomic E-state index is 0.130. The molecule has 1 fully saturated rings. The van der Waals surface area contributed by atoms with E-state index in [1.165, 1.54) is 0 Å². The van der Waals surface area contributed by atoms with Crippen molar-refractivity contribution >= 4 is 35.1 Å². The van der Waals surface area contributed by atoms with Gasteiger partial charge in [0.25, 0.3) is 0 Å². The van der Waals surface area contributed by atoms with E-state index in [4.69, 9.17) is 11.6 Å². The van der Waals surface area contributed by atoms with Crippen LogP contribution >= 0.6 is 23.4 Å². The van der Waals surface area contributed by atoms with Gasteiger partial charge in [0.05, 0.1) is 5.02 Å². The van der Waals surface area contributed by atoms with Gasteiger partial charge in [-0.3, -0.25) is 0 Å². The maximum Gasteiger partial charge on any atom is 0.322 e. The molecule has 6 heteroatoms. The van der Waals surface area contributed by atoms with Crippen molar-refractivity contribution < 1.29 is 9.90 Å². The highest BCUT2D eigenvalue weighted by Gasteiger charge is 2.28. The van der Waals surface area contributed by atoms with E-state index in [2.05, 4.69) is 5.32 Å². The largest absolute Gasteiger partial charge is 0.396 e. The fourth-order valence-corrected chi connectivity index (χ4v) is 3.42. The van der Waals surface area contributed by atoms with Crippen LogP contribution in [-0.2, 0) is 0 Å². The molecule has 4 nitrogen and oxygen atoms in total. The van der Waals surface area contributed by atoms with Crippen LogP contribution in [0.4, 0.5) is 10.5 Å². The summed E-state index contributed by atoms with van der Waals surface area (Å²) in [5, 5.41) is 12.8. The fourth-order valence-electron chi connectivity index (χ4n) is 2.55. The zero-order valence-electron chi connectivity index (χ0n) is 12.3. The van der Waals surface area contributed by atoms with Gasteiger partial charge >= 0.3 is 6.03 Å². The molecule has 0 bridgehead atoms. The summed E-state index contributed by atoms with van der Waals surface area (Å²) in [5.41, 5.74) is 0.695. The van der Waals surface area contributed by atoms with Crippen LogP contribution in [0.3, 0.4) is 0 Å². The van der Waals surface area contributed by atoms with Crippen molar-refractivity contribution in [1.82, 2.24) is 4.90 Å². The van der Waals surface area contributed by atoms with Crippen LogP contribution in [0, 0.1) is 5.92 Å². The summed E-state index contributed by atoms with van der Waals surface area (Å²) in [6, 6.07) is 5.58. The van der Waals surface area contributed by atoms with E-state index in [1.807, 2.05) is 25.3 Å². The van der Waals surface area contributed by atoms with Crippen LogP contribution in [-0.4, -0.2) is 41.5 Å². The average Bonchev–Trinajstić information content (AvgIpc) is 2.48. The average molecular weight is 329 g/mol. The zero-order chi connectivity index (χ0) is 15.4. The minimum atomic E-state index is -0.131. The number of carbonyl (C=O) groups excluding carboxylic acids is 1. The monoisotopic (exact) mass is 328 g/mol. The highest BCUT2D eigenvalue weighted by atomic mass is 35.5. The summed E-state index contributed by atoms with van der Waals surface area (Å²) in [7, 11) is 0. The van der Waals surface area contributed by atoms with Crippen molar-refractivity contribution in [2.75, 3.05) is 24.7 Å². The Morgan fingerprint density at radius 3 is 2.90 bits per heavy atom. The van der Waals surface area contributed by atoms with Crippen LogP contribution in [0.1, 0.15) is 19.8 Å². The van der Waals surface area contributed by atoms with Gasteiger partial charge in [0, 0.05) is 29.8 Å². The van der Waals surface area contributed by atoms with Crippen molar-refractivity contribution in [3.05, 3.63) is 23.2 Å². The summed E-state index contributed by atoms with van der Waals surface area (Å²) >= 11 is 7.73. The number of carbonyl (C=O) groups is 1. The van der Waals surface area contributed by atoms with Gasteiger partial charge in [0.15, 0.2) is 0 Å². The second-order valence-electron chi connectivity index (χ2n) is 5.41. The first kappa shape index (κ1) is 16.5. The molecule has 0 radical (unpaired) electrons. The third-order valence-electron chi connectivity index (χ3n) is 3.90. The third-order valence-corrected chi connectivity index (χ3v) is 5.12. The first-order chi connectivity index (χ1) is 10.0. The third kappa shape index (κ3) is 4.05. The molecule has 116 valence electrons. The molecule has 1 heterocycles. The van der Waals surface area contributed by atoms with Crippen molar-refractivity contribution in [2.45, 2.75) is 30.7 Å². The number of halogens is 1. The topological polar surface area (TPSA) is 52.6 Å². The van der Waals surface area contributed by atoms with Crippen molar-refractivity contribution in [3.8, 4) is 0 Å². The van der Waals surface area contributed by atoms with E-state index < -0.39 is 0 Å². The highest BCUT2D eigenvalue weighted by Crippen LogP contribution is 2.28. The second kappa shape index (κ2) is 7.38. The zero-order valence-corrected chi connectivity index (χ0v) is 13.9. The lowest BCUT2D eigenvalue weighted by Crippen LogP contribution is -2.48. The van der Waals surface area contributed by atoms with Crippen molar-refractivity contribution in [3.63, 3.8) is 0 Å². The first-order valence-electron chi connectivity index (χ1n) is 7.07. The van der Waals surface area contributed by atoms with Gasteiger partial charge in [-0.15, -0.1) is 11.8 Å². The van der Waals surface area contributed by atoms with Crippen molar-refractivity contribution in [2.24, 2.45) is 5.92 Å². The van der Waals surface area contributed by atoms with Gasteiger partial charge in [-0.25, -0.2) is 4.79 Å². The number of hydrogen-bond acceptors (Lipinski definition) is 3. The Morgan fingerprint density at radius 2 is 2.29 bits per heavy atom. The molecule has 2 rings (SSSR count). The predicted octanol–water partition coefficient (Wildman–Crippen LogP) is 3.69. The number of rotatable bonds is 3. The quantitative estimate of drug-likeness (QED) is 0.832. The summed E-state index contributed by atoms with van der Waals surface area (Å²) in [6.07, 6.45) is 3.85. The van der Waals surface area contributed by atoms with Gasteiger partial charge < -0.3 is 15.3 Å². The van der Waals surface area contributed by atoms with E-state index in [9.17, 15) is 9.90 Å². The molecule has 0 aliphatic carbocycles. The van der Waals surface area contributed by atoms with E-state index in [0.717, 1.165) is 17.7 Å². The Balaban J connectivity index is 2.04. The Hall–Kier alpha value is -0.910. The number of nitrogens with zero attached hydrogens (tertiary/aromatic N) is 1. The molecule has 1 aromatic carbocycles. The number of anilines is 1. The number of aliphatic hydroxyl groups is 1. The Labute approximate surface area is 134 Å². The molecule has 1 aliphatic rings. The van der Waals surface area contributed by atoms with Crippen LogP contribution < -0.4 is 5.32 Å². The lowest BCUT2D eigenvalue weighted by Gasteiger charge is -2.37.